The van der Waals surface area contributed by atoms with Crippen LogP contribution in [0.5, 0.6) is 0 Å². The average molecular weight is 270 g/mol. The lowest BCUT2D eigenvalue weighted by molar-refractivity contribution is -0.125. The highest BCUT2D eigenvalue weighted by atomic mass is 32.1. The molecule has 1 aromatic heterocycles. The van der Waals surface area contributed by atoms with Crippen LogP contribution in [0.3, 0.4) is 0 Å². The molecule has 2 rings (SSSR count). The molecule has 1 atom stereocenters. The Morgan fingerprint density at radius 2 is 2.33 bits per heavy atom. The van der Waals surface area contributed by atoms with Gasteiger partial charge in [-0.2, -0.15) is 0 Å². The quantitative estimate of drug-likeness (QED) is 0.857. The van der Waals surface area contributed by atoms with E-state index >= 15 is 0 Å². The Hall–Kier alpha value is -0.490. The number of nitrogens with one attached hydrogen (secondary N) is 1. The number of rotatable bonds is 6. The molecule has 1 unspecified atom stereocenters. The van der Waals surface area contributed by atoms with Gasteiger partial charge in [-0.25, -0.2) is 0 Å². The first-order valence-corrected chi connectivity index (χ1v) is 7.45. The minimum absolute atomic E-state index is 0.0915. The lowest BCUT2D eigenvalue weighted by atomic mass is 9.84. The lowest BCUT2D eigenvalue weighted by Crippen LogP contribution is -2.55. The van der Waals surface area contributed by atoms with Gasteiger partial charge in [0.15, 0.2) is 0 Å². The van der Waals surface area contributed by atoms with Crippen molar-refractivity contribution in [2.75, 3.05) is 26.9 Å². The molecule has 1 aliphatic heterocycles. The molecule has 18 heavy (non-hydrogen) atoms. The number of thiazole rings is 1. The van der Waals surface area contributed by atoms with Crippen molar-refractivity contribution in [3.8, 4) is 0 Å². The number of aromatic nitrogens is 1. The van der Waals surface area contributed by atoms with Gasteiger partial charge in [0.05, 0.1) is 11.1 Å². The van der Waals surface area contributed by atoms with Crippen LogP contribution in [0.25, 0.3) is 0 Å². The number of ether oxygens (including phenoxy) is 2. The zero-order chi connectivity index (χ0) is 12.8. The zero-order valence-corrected chi connectivity index (χ0v) is 12.0. The van der Waals surface area contributed by atoms with Crippen LogP contribution >= 0.6 is 11.3 Å². The van der Waals surface area contributed by atoms with Crippen LogP contribution in [0.2, 0.25) is 0 Å². The highest BCUT2D eigenvalue weighted by molar-refractivity contribution is 7.09. The van der Waals surface area contributed by atoms with E-state index < -0.39 is 0 Å². The second-order valence-corrected chi connectivity index (χ2v) is 5.59. The molecule has 0 bridgehead atoms. The monoisotopic (exact) mass is 270 g/mol. The first-order chi connectivity index (χ1) is 8.80. The first kappa shape index (κ1) is 13.9. The summed E-state index contributed by atoms with van der Waals surface area (Å²) >= 11 is 1.71. The van der Waals surface area contributed by atoms with E-state index in [1.54, 1.807) is 11.3 Å². The molecule has 0 aliphatic carbocycles. The molecule has 4 nitrogen and oxygen atoms in total. The Morgan fingerprint density at radius 3 is 2.89 bits per heavy atom. The molecule has 5 heteroatoms. The second kappa shape index (κ2) is 6.61. The van der Waals surface area contributed by atoms with E-state index in [2.05, 4.69) is 17.2 Å². The summed E-state index contributed by atoms with van der Waals surface area (Å²) < 4.78 is 11.6. The molecular formula is C13H22N2O2S. The third kappa shape index (κ3) is 3.09. The summed E-state index contributed by atoms with van der Waals surface area (Å²) in [6, 6.07) is 0.321. The van der Waals surface area contributed by atoms with Gasteiger partial charge in [0.1, 0.15) is 0 Å². The topological polar surface area (TPSA) is 43.4 Å². The van der Waals surface area contributed by atoms with E-state index in [0.717, 1.165) is 39.1 Å². The summed E-state index contributed by atoms with van der Waals surface area (Å²) in [6.07, 6.45) is 4.85. The standard InChI is InChI=1S/C13H22N2O2S/c1-3-17-13(4-6-16-7-5-13)12(14-2)8-11-9-15-10-18-11/h9-10,12,14H,3-8H2,1-2H3. The molecule has 1 N–H and O–H groups in total. The van der Waals surface area contributed by atoms with Gasteiger partial charge in [-0.3, -0.25) is 4.98 Å². The molecule has 2 heterocycles. The fraction of sp³-hybridized carbons (Fsp3) is 0.769. The average Bonchev–Trinajstić information content (AvgIpc) is 2.90. The van der Waals surface area contributed by atoms with Gasteiger partial charge < -0.3 is 14.8 Å². The summed E-state index contributed by atoms with van der Waals surface area (Å²) in [5.41, 5.74) is 1.80. The van der Waals surface area contributed by atoms with Crippen LogP contribution in [0.4, 0.5) is 0 Å². The molecular weight excluding hydrogens is 248 g/mol. The van der Waals surface area contributed by atoms with Crippen molar-refractivity contribution in [2.24, 2.45) is 0 Å². The summed E-state index contributed by atoms with van der Waals surface area (Å²) in [6.45, 7) is 4.40. The van der Waals surface area contributed by atoms with E-state index in [-0.39, 0.29) is 5.60 Å². The smallest absolute Gasteiger partial charge is 0.0881 e. The van der Waals surface area contributed by atoms with Crippen molar-refractivity contribution < 1.29 is 9.47 Å². The van der Waals surface area contributed by atoms with Gasteiger partial charge >= 0.3 is 0 Å². The van der Waals surface area contributed by atoms with Gasteiger partial charge in [-0.15, -0.1) is 11.3 Å². The minimum atomic E-state index is -0.0915. The van der Waals surface area contributed by atoms with Crippen molar-refractivity contribution >= 4 is 11.3 Å². The third-order valence-corrected chi connectivity index (χ3v) is 4.45. The van der Waals surface area contributed by atoms with Crippen LogP contribution in [0.1, 0.15) is 24.6 Å². The van der Waals surface area contributed by atoms with Crippen LogP contribution < -0.4 is 5.32 Å². The van der Waals surface area contributed by atoms with Crippen molar-refractivity contribution in [2.45, 2.75) is 37.8 Å². The van der Waals surface area contributed by atoms with Crippen molar-refractivity contribution in [1.29, 1.82) is 0 Å². The molecule has 1 aliphatic rings. The maximum Gasteiger partial charge on any atom is 0.0881 e. The van der Waals surface area contributed by atoms with Crippen molar-refractivity contribution in [3.63, 3.8) is 0 Å². The second-order valence-electron chi connectivity index (χ2n) is 4.62. The molecule has 1 saturated heterocycles. The Labute approximate surface area is 113 Å². The highest BCUT2D eigenvalue weighted by Crippen LogP contribution is 2.31. The van der Waals surface area contributed by atoms with Gasteiger partial charge in [0, 0.05) is 56.2 Å². The molecule has 0 aromatic carbocycles. The highest BCUT2D eigenvalue weighted by Gasteiger charge is 2.40. The summed E-state index contributed by atoms with van der Waals surface area (Å²) in [5.74, 6) is 0. The van der Waals surface area contributed by atoms with E-state index in [4.69, 9.17) is 9.47 Å². The number of likely N-dealkylation sites (N-methyl/N-ethyl adjacent to an activating group) is 1. The van der Waals surface area contributed by atoms with Gasteiger partial charge in [-0.05, 0) is 14.0 Å². The van der Waals surface area contributed by atoms with Gasteiger partial charge in [0.2, 0.25) is 0 Å². The number of hydrogen-bond donors (Lipinski definition) is 1. The third-order valence-electron chi connectivity index (χ3n) is 3.64. The Kier molecular flexibility index (Phi) is 5.12. The predicted octanol–water partition coefficient (Wildman–Crippen LogP) is 1.86. The molecule has 102 valence electrons. The summed E-state index contributed by atoms with van der Waals surface area (Å²) in [5, 5.41) is 3.43. The predicted molar refractivity (Wildman–Crippen MR) is 73.1 cm³/mol. The first-order valence-electron chi connectivity index (χ1n) is 6.57. The Bertz CT molecular complexity index is 331. The Morgan fingerprint density at radius 1 is 1.56 bits per heavy atom. The van der Waals surface area contributed by atoms with E-state index in [9.17, 15) is 0 Å². The maximum absolute atomic E-state index is 6.11. The Balaban J connectivity index is 2.10. The van der Waals surface area contributed by atoms with E-state index in [1.807, 2.05) is 18.8 Å². The molecule has 0 spiro atoms. The van der Waals surface area contributed by atoms with E-state index in [1.165, 1.54) is 4.88 Å². The normalized spacial score (nSPS) is 20.8. The van der Waals surface area contributed by atoms with Crippen LogP contribution in [-0.2, 0) is 15.9 Å². The fourth-order valence-corrected chi connectivity index (χ4v) is 3.33. The van der Waals surface area contributed by atoms with Crippen molar-refractivity contribution in [1.82, 2.24) is 10.3 Å². The molecule has 0 radical (unpaired) electrons. The van der Waals surface area contributed by atoms with Crippen LogP contribution in [0, 0.1) is 0 Å². The largest absolute Gasteiger partial charge is 0.381 e. The minimum Gasteiger partial charge on any atom is -0.381 e. The van der Waals surface area contributed by atoms with Gasteiger partial charge in [0.25, 0.3) is 0 Å². The van der Waals surface area contributed by atoms with Crippen LogP contribution in [-0.4, -0.2) is 43.5 Å². The molecule has 0 amide bonds. The van der Waals surface area contributed by atoms with Gasteiger partial charge in [-0.1, -0.05) is 0 Å². The molecule has 1 fully saturated rings. The maximum atomic E-state index is 6.11. The molecule has 0 saturated carbocycles. The van der Waals surface area contributed by atoms with Crippen molar-refractivity contribution in [3.05, 3.63) is 16.6 Å². The summed E-state index contributed by atoms with van der Waals surface area (Å²) in [4.78, 5) is 5.45. The summed E-state index contributed by atoms with van der Waals surface area (Å²) in [7, 11) is 2.02. The van der Waals surface area contributed by atoms with Crippen LogP contribution in [0.15, 0.2) is 11.7 Å². The fourth-order valence-electron chi connectivity index (χ4n) is 2.69. The number of hydrogen-bond acceptors (Lipinski definition) is 5. The zero-order valence-electron chi connectivity index (χ0n) is 11.1. The number of nitrogens with zero attached hydrogens (tertiary/aromatic N) is 1. The molecule has 1 aromatic rings. The van der Waals surface area contributed by atoms with E-state index in [0.29, 0.717) is 6.04 Å². The SMILES string of the molecule is CCOC1(C(Cc2cncs2)NC)CCOCC1. The lowest BCUT2D eigenvalue weighted by Gasteiger charge is -2.43.